The van der Waals surface area contributed by atoms with Gasteiger partial charge in [-0.15, -0.1) is 5.10 Å². The average molecular weight is 362 g/mol. The van der Waals surface area contributed by atoms with E-state index in [0.29, 0.717) is 0 Å². The van der Waals surface area contributed by atoms with Crippen LogP contribution in [-0.2, 0) is 4.74 Å². The standard InChI is InChI=1S/C20H22N6O/c1-12-10-25(11-13(2)27-12)20-7-6-19-21-9-18(26(19)24-20)15-4-5-17-16(8-15)14(3)22-23-17/h4-9,12-13H,10-11H2,1-3H3,(H,22,23)/t12-,13-/m1/s1. The predicted octanol–water partition coefficient (Wildman–Crippen LogP) is 3.19. The zero-order chi connectivity index (χ0) is 18.5. The van der Waals surface area contributed by atoms with Crippen LogP contribution in [0.2, 0.25) is 0 Å². The molecular formula is C20H22N6O. The Morgan fingerprint density at radius 2 is 1.93 bits per heavy atom. The molecule has 0 radical (unpaired) electrons. The molecule has 1 saturated heterocycles. The number of hydrogen-bond donors (Lipinski definition) is 1. The monoisotopic (exact) mass is 362 g/mol. The maximum absolute atomic E-state index is 5.85. The number of ether oxygens (including phenoxy) is 1. The predicted molar refractivity (Wildman–Crippen MR) is 105 cm³/mol. The molecule has 7 heteroatoms. The molecule has 0 saturated carbocycles. The van der Waals surface area contributed by atoms with Gasteiger partial charge in [0.1, 0.15) is 5.82 Å². The second kappa shape index (κ2) is 6.06. The molecule has 27 heavy (non-hydrogen) atoms. The molecular weight excluding hydrogens is 340 g/mol. The first kappa shape index (κ1) is 16.3. The van der Waals surface area contributed by atoms with Crippen LogP contribution in [0.15, 0.2) is 36.5 Å². The SMILES string of the molecule is Cc1[nH]nc2ccc(-c3cnc4ccc(N5C[C@@H](C)O[C@H](C)C5)nn34)cc12. The van der Waals surface area contributed by atoms with Gasteiger partial charge in [0.05, 0.1) is 29.6 Å². The van der Waals surface area contributed by atoms with Crippen molar-refractivity contribution in [3.63, 3.8) is 0 Å². The van der Waals surface area contributed by atoms with Gasteiger partial charge in [-0.05, 0) is 45.0 Å². The molecule has 2 atom stereocenters. The molecule has 3 aromatic heterocycles. The van der Waals surface area contributed by atoms with Crippen LogP contribution in [0.4, 0.5) is 5.82 Å². The summed E-state index contributed by atoms with van der Waals surface area (Å²) in [7, 11) is 0. The number of H-pyrrole nitrogens is 1. The molecule has 138 valence electrons. The number of aryl methyl sites for hydroxylation is 1. The van der Waals surface area contributed by atoms with Gasteiger partial charge in [0.2, 0.25) is 0 Å². The van der Waals surface area contributed by atoms with Crippen molar-refractivity contribution >= 4 is 22.4 Å². The summed E-state index contributed by atoms with van der Waals surface area (Å²) in [6.07, 6.45) is 2.27. The van der Waals surface area contributed by atoms with Crippen LogP contribution in [0, 0.1) is 6.92 Å². The minimum Gasteiger partial charge on any atom is -0.372 e. The van der Waals surface area contributed by atoms with E-state index in [1.165, 1.54) is 0 Å². The molecule has 1 aliphatic heterocycles. The lowest BCUT2D eigenvalue weighted by atomic mass is 10.1. The van der Waals surface area contributed by atoms with E-state index in [2.05, 4.69) is 46.1 Å². The zero-order valence-electron chi connectivity index (χ0n) is 15.7. The smallest absolute Gasteiger partial charge is 0.154 e. The second-order valence-electron chi connectivity index (χ2n) is 7.35. The summed E-state index contributed by atoms with van der Waals surface area (Å²) in [5.41, 5.74) is 4.92. The van der Waals surface area contributed by atoms with Gasteiger partial charge in [-0.1, -0.05) is 6.07 Å². The minimum atomic E-state index is 0.194. The number of nitrogens with zero attached hydrogens (tertiary/aromatic N) is 5. The van der Waals surface area contributed by atoms with E-state index in [1.54, 1.807) is 0 Å². The Bertz CT molecular complexity index is 1120. The fraction of sp³-hybridized carbons (Fsp3) is 0.350. The quantitative estimate of drug-likeness (QED) is 0.593. The fourth-order valence-corrected chi connectivity index (χ4v) is 3.89. The number of aromatic amines is 1. The van der Waals surface area contributed by atoms with E-state index in [9.17, 15) is 0 Å². The van der Waals surface area contributed by atoms with Crippen LogP contribution in [-0.4, -0.2) is 50.1 Å². The molecule has 0 bridgehead atoms. The number of anilines is 1. The summed E-state index contributed by atoms with van der Waals surface area (Å²) in [6, 6.07) is 10.3. The Hall–Kier alpha value is -2.93. The van der Waals surface area contributed by atoms with Crippen LogP contribution >= 0.6 is 0 Å². The second-order valence-corrected chi connectivity index (χ2v) is 7.35. The summed E-state index contributed by atoms with van der Waals surface area (Å²) in [5, 5.41) is 13.4. The number of fused-ring (bicyclic) bond motifs is 2. The molecule has 1 N–H and O–H groups in total. The highest BCUT2D eigenvalue weighted by atomic mass is 16.5. The van der Waals surface area contributed by atoms with E-state index in [4.69, 9.17) is 9.84 Å². The third kappa shape index (κ3) is 2.75. The summed E-state index contributed by atoms with van der Waals surface area (Å²) in [6.45, 7) is 7.92. The highest BCUT2D eigenvalue weighted by Crippen LogP contribution is 2.27. The fourth-order valence-electron chi connectivity index (χ4n) is 3.89. The lowest BCUT2D eigenvalue weighted by molar-refractivity contribution is -0.00551. The molecule has 0 spiro atoms. The van der Waals surface area contributed by atoms with Crippen molar-refractivity contribution in [2.24, 2.45) is 0 Å². The van der Waals surface area contributed by atoms with Gasteiger partial charge in [-0.3, -0.25) is 5.10 Å². The third-order valence-corrected chi connectivity index (χ3v) is 5.13. The Kier molecular flexibility index (Phi) is 3.65. The van der Waals surface area contributed by atoms with Gasteiger partial charge in [-0.2, -0.15) is 5.10 Å². The molecule has 4 heterocycles. The molecule has 5 rings (SSSR count). The minimum absolute atomic E-state index is 0.194. The van der Waals surface area contributed by atoms with E-state index >= 15 is 0 Å². The van der Waals surface area contributed by atoms with Crippen LogP contribution in [0.1, 0.15) is 19.5 Å². The van der Waals surface area contributed by atoms with E-state index < -0.39 is 0 Å². The zero-order valence-corrected chi connectivity index (χ0v) is 15.7. The summed E-state index contributed by atoms with van der Waals surface area (Å²) in [4.78, 5) is 6.82. The van der Waals surface area contributed by atoms with Crippen LogP contribution in [0.25, 0.3) is 27.8 Å². The Morgan fingerprint density at radius 3 is 2.74 bits per heavy atom. The van der Waals surface area contributed by atoms with E-state index in [0.717, 1.165) is 52.4 Å². The summed E-state index contributed by atoms with van der Waals surface area (Å²) in [5.74, 6) is 0.948. The number of aromatic nitrogens is 5. The van der Waals surface area contributed by atoms with Gasteiger partial charge in [0.15, 0.2) is 5.65 Å². The highest BCUT2D eigenvalue weighted by Gasteiger charge is 2.23. The highest BCUT2D eigenvalue weighted by molar-refractivity contribution is 5.86. The first-order valence-electron chi connectivity index (χ1n) is 9.29. The number of morpholine rings is 1. The summed E-state index contributed by atoms with van der Waals surface area (Å²) >= 11 is 0. The third-order valence-electron chi connectivity index (χ3n) is 5.13. The van der Waals surface area contributed by atoms with Crippen molar-refractivity contribution < 1.29 is 4.74 Å². The van der Waals surface area contributed by atoms with Crippen LogP contribution in [0.3, 0.4) is 0 Å². The van der Waals surface area contributed by atoms with Crippen molar-refractivity contribution in [3.05, 3.63) is 42.2 Å². The molecule has 7 nitrogen and oxygen atoms in total. The number of nitrogens with one attached hydrogen (secondary N) is 1. The van der Waals surface area contributed by atoms with Crippen molar-refractivity contribution in [2.45, 2.75) is 33.0 Å². The number of imidazole rings is 1. The molecule has 1 aromatic carbocycles. The molecule has 0 amide bonds. The molecule has 0 unspecified atom stereocenters. The lowest BCUT2D eigenvalue weighted by Gasteiger charge is -2.35. The first-order valence-corrected chi connectivity index (χ1v) is 9.29. The van der Waals surface area contributed by atoms with E-state index in [-0.39, 0.29) is 12.2 Å². The Labute approximate surface area is 157 Å². The Balaban J connectivity index is 1.59. The van der Waals surface area contributed by atoms with Gasteiger partial charge >= 0.3 is 0 Å². The normalized spacial score (nSPS) is 20.6. The van der Waals surface area contributed by atoms with Gasteiger partial charge in [0, 0.05) is 29.7 Å². The lowest BCUT2D eigenvalue weighted by Crippen LogP contribution is -2.46. The molecule has 1 aliphatic rings. The summed E-state index contributed by atoms with van der Waals surface area (Å²) < 4.78 is 7.78. The van der Waals surface area contributed by atoms with E-state index in [1.807, 2.05) is 35.8 Å². The maximum atomic E-state index is 5.85. The molecule has 0 aliphatic carbocycles. The largest absolute Gasteiger partial charge is 0.372 e. The molecule has 1 fully saturated rings. The van der Waals surface area contributed by atoms with Gasteiger partial charge in [0.25, 0.3) is 0 Å². The van der Waals surface area contributed by atoms with Crippen LogP contribution < -0.4 is 4.90 Å². The maximum Gasteiger partial charge on any atom is 0.154 e. The van der Waals surface area contributed by atoms with Crippen molar-refractivity contribution in [2.75, 3.05) is 18.0 Å². The van der Waals surface area contributed by atoms with Crippen LogP contribution in [0.5, 0.6) is 0 Å². The number of rotatable bonds is 2. The number of hydrogen-bond acceptors (Lipinski definition) is 5. The first-order chi connectivity index (χ1) is 13.1. The molecule has 4 aromatic rings. The van der Waals surface area contributed by atoms with Crippen molar-refractivity contribution in [3.8, 4) is 11.3 Å². The Morgan fingerprint density at radius 1 is 1.11 bits per heavy atom. The average Bonchev–Trinajstić information content (AvgIpc) is 3.24. The van der Waals surface area contributed by atoms with Gasteiger partial charge < -0.3 is 9.64 Å². The van der Waals surface area contributed by atoms with Crippen molar-refractivity contribution in [1.29, 1.82) is 0 Å². The topological polar surface area (TPSA) is 71.3 Å². The van der Waals surface area contributed by atoms with Crippen molar-refractivity contribution in [1.82, 2.24) is 24.8 Å². The van der Waals surface area contributed by atoms with Gasteiger partial charge in [-0.25, -0.2) is 9.50 Å². The number of benzene rings is 1.